The Labute approximate surface area is 152 Å². The van der Waals surface area contributed by atoms with Gasteiger partial charge in [-0.25, -0.2) is 4.98 Å². The number of aromatic nitrogens is 1. The third-order valence-electron chi connectivity index (χ3n) is 4.16. The highest BCUT2D eigenvalue weighted by Crippen LogP contribution is 2.30. The molecule has 0 spiro atoms. The average molecular weight is 350 g/mol. The summed E-state index contributed by atoms with van der Waals surface area (Å²) < 4.78 is 5.53. The molecular weight excluding hydrogens is 328 g/mol. The van der Waals surface area contributed by atoms with E-state index in [0.29, 0.717) is 11.3 Å². The van der Waals surface area contributed by atoms with Gasteiger partial charge in [0.1, 0.15) is 5.75 Å². The number of aliphatic hydroxyl groups excluding tert-OH is 1. The maximum Gasteiger partial charge on any atom is 0.251 e. The number of amides is 1. The first-order chi connectivity index (χ1) is 12.5. The van der Waals surface area contributed by atoms with Crippen molar-refractivity contribution >= 4 is 16.8 Å². The Morgan fingerprint density at radius 1 is 1.19 bits per heavy atom. The molecule has 0 radical (unpaired) electrons. The molecule has 0 fully saturated rings. The van der Waals surface area contributed by atoms with Crippen LogP contribution in [0.1, 0.15) is 22.8 Å². The summed E-state index contributed by atoms with van der Waals surface area (Å²) in [6.45, 7) is 3.88. The number of aryl methyl sites for hydroxylation is 1. The largest absolute Gasteiger partial charge is 0.496 e. The number of carbonyl (C=O) groups is 1. The zero-order chi connectivity index (χ0) is 18.7. The Bertz CT molecular complexity index is 934. The normalized spacial score (nSPS) is 12.0. The first-order valence-electron chi connectivity index (χ1n) is 8.50. The van der Waals surface area contributed by atoms with Gasteiger partial charge < -0.3 is 15.2 Å². The number of aliphatic hydroxyl groups is 1. The number of benzene rings is 2. The fourth-order valence-corrected chi connectivity index (χ4v) is 2.72. The molecule has 134 valence electrons. The van der Waals surface area contributed by atoms with Crippen molar-refractivity contribution in [3.63, 3.8) is 0 Å². The number of ether oxygens (including phenoxy) is 1. The van der Waals surface area contributed by atoms with E-state index < -0.39 is 6.10 Å². The van der Waals surface area contributed by atoms with Gasteiger partial charge in [0.15, 0.2) is 0 Å². The summed E-state index contributed by atoms with van der Waals surface area (Å²) in [5.41, 5.74) is 4.28. The number of hydrogen-bond donors (Lipinski definition) is 2. The zero-order valence-corrected chi connectivity index (χ0v) is 15.1. The predicted octanol–water partition coefficient (Wildman–Crippen LogP) is 3.33. The summed E-state index contributed by atoms with van der Waals surface area (Å²) in [7, 11) is 1.61. The maximum atomic E-state index is 12.2. The average Bonchev–Trinajstić information content (AvgIpc) is 2.65. The Kier molecular flexibility index (Phi) is 5.19. The highest BCUT2D eigenvalue weighted by Gasteiger charge is 2.12. The minimum absolute atomic E-state index is 0.207. The third kappa shape index (κ3) is 3.83. The number of nitrogens with zero attached hydrogens (tertiary/aromatic N) is 1. The highest BCUT2D eigenvalue weighted by molar-refractivity contribution is 5.99. The summed E-state index contributed by atoms with van der Waals surface area (Å²) in [6, 6.07) is 15.3. The molecule has 0 unspecified atom stereocenters. The first-order valence-corrected chi connectivity index (χ1v) is 8.50. The maximum absolute atomic E-state index is 12.2. The zero-order valence-electron chi connectivity index (χ0n) is 15.1. The second kappa shape index (κ2) is 7.54. The quantitative estimate of drug-likeness (QED) is 0.740. The van der Waals surface area contributed by atoms with Crippen LogP contribution in [0, 0.1) is 6.92 Å². The van der Waals surface area contributed by atoms with Crippen molar-refractivity contribution in [1.82, 2.24) is 10.3 Å². The van der Waals surface area contributed by atoms with E-state index >= 15 is 0 Å². The number of hydrogen-bond acceptors (Lipinski definition) is 4. The van der Waals surface area contributed by atoms with Crippen LogP contribution >= 0.6 is 0 Å². The molecule has 26 heavy (non-hydrogen) atoms. The third-order valence-corrected chi connectivity index (χ3v) is 4.16. The number of fused-ring (bicyclic) bond motifs is 1. The molecule has 5 heteroatoms. The van der Waals surface area contributed by atoms with Crippen LogP contribution in [-0.4, -0.2) is 35.8 Å². The summed E-state index contributed by atoms with van der Waals surface area (Å²) in [6.07, 6.45) is -0.590. The summed E-state index contributed by atoms with van der Waals surface area (Å²) >= 11 is 0. The van der Waals surface area contributed by atoms with Gasteiger partial charge in [-0.2, -0.15) is 0 Å². The monoisotopic (exact) mass is 350 g/mol. The van der Waals surface area contributed by atoms with Crippen LogP contribution < -0.4 is 10.1 Å². The van der Waals surface area contributed by atoms with Crippen LogP contribution in [0.5, 0.6) is 5.75 Å². The molecule has 2 aromatic carbocycles. The molecule has 3 rings (SSSR count). The molecule has 0 saturated heterocycles. The molecule has 0 saturated carbocycles. The molecule has 1 aromatic heterocycles. The second-order valence-electron chi connectivity index (χ2n) is 6.37. The van der Waals surface area contributed by atoms with E-state index in [-0.39, 0.29) is 12.5 Å². The van der Waals surface area contributed by atoms with Crippen LogP contribution in [0.15, 0.2) is 48.5 Å². The van der Waals surface area contributed by atoms with Crippen LogP contribution in [0.3, 0.4) is 0 Å². The minimum atomic E-state index is -0.590. The van der Waals surface area contributed by atoms with Gasteiger partial charge >= 0.3 is 0 Å². The minimum Gasteiger partial charge on any atom is -0.496 e. The molecule has 0 aliphatic heterocycles. The van der Waals surface area contributed by atoms with Crippen LogP contribution in [0.2, 0.25) is 0 Å². The lowest BCUT2D eigenvalue weighted by molar-refractivity contribution is 0.0924. The molecule has 5 nitrogen and oxygen atoms in total. The summed E-state index contributed by atoms with van der Waals surface area (Å²) in [5, 5.41) is 12.8. The van der Waals surface area contributed by atoms with E-state index in [0.717, 1.165) is 22.2 Å². The molecule has 1 atom stereocenters. The van der Waals surface area contributed by atoms with Crippen molar-refractivity contribution < 1.29 is 14.6 Å². The first kappa shape index (κ1) is 17.9. The second-order valence-corrected chi connectivity index (χ2v) is 6.37. The molecule has 0 aliphatic carbocycles. The van der Waals surface area contributed by atoms with E-state index in [4.69, 9.17) is 9.72 Å². The number of methoxy groups -OCH3 is 1. The van der Waals surface area contributed by atoms with Crippen molar-refractivity contribution in [1.29, 1.82) is 0 Å². The summed E-state index contributed by atoms with van der Waals surface area (Å²) in [5.74, 6) is 0.424. The standard InChI is InChI=1S/C21H22N2O3/c1-13-4-6-15(7-5-13)19-11-20(26-3)17-10-16(8-9-18(17)23-19)21(25)22-12-14(2)24/h4-11,14,24H,12H2,1-3H3,(H,22,25)/t14-/m0/s1. The van der Waals surface area contributed by atoms with Crippen molar-refractivity contribution in [3.8, 4) is 17.0 Å². The topological polar surface area (TPSA) is 71.5 Å². The van der Waals surface area contributed by atoms with Gasteiger partial charge in [0.2, 0.25) is 0 Å². The molecule has 1 amide bonds. The lowest BCUT2D eigenvalue weighted by Gasteiger charge is -2.11. The van der Waals surface area contributed by atoms with Gasteiger partial charge in [-0.3, -0.25) is 4.79 Å². The smallest absolute Gasteiger partial charge is 0.251 e. The van der Waals surface area contributed by atoms with Crippen molar-refractivity contribution in [3.05, 3.63) is 59.7 Å². The van der Waals surface area contributed by atoms with Gasteiger partial charge in [-0.05, 0) is 32.0 Å². The molecule has 3 aromatic rings. The fourth-order valence-electron chi connectivity index (χ4n) is 2.72. The lowest BCUT2D eigenvalue weighted by atomic mass is 10.1. The van der Waals surface area contributed by atoms with Crippen LogP contribution in [0.25, 0.3) is 22.2 Å². The Morgan fingerprint density at radius 2 is 1.92 bits per heavy atom. The number of pyridine rings is 1. The van der Waals surface area contributed by atoms with E-state index in [2.05, 4.69) is 5.32 Å². The molecule has 0 bridgehead atoms. The van der Waals surface area contributed by atoms with E-state index in [1.54, 1.807) is 26.2 Å². The number of nitrogens with one attached hydrogen (secondary N) is 1. The highest BCUT2D eigenvalue weighted by atomic mass is 16.5. The van der Waals surface area contributed by atoms with Crippen LogP contribution in [-0.2, 0) is 0 Å². The Morgan fingerprint density at radius 3 is 2.58 bits per heavy atom. The molecule has 2 N–H and O–H groups in total. The summed E-state index contributed by atoms with van der Waals surface area (Å²) in [4.78, 5) is 16.9. The predicted molar refractivity (Wildman–Crippen MR) is 102 cm³/mol. The SMILES string of the molecule is COc1cc(-c2ccc(C)cc2)nc2ccc(C(=O)NC[C@H](C)O)cc12. The molecule has 0 aliphatic rings. The Hall–Kier alpha value is -2.92. The fraction of sp³-hybridized carbons (Fsp3) is 0.238. The van der Waals surface area contributed by atoms with E-state index in [9.17, 15) is 9.90 Å². The van der Waals surface area contributed by atoms with Gasteiger partial charge in [-0.15, -0.1) is 0 Å². The van der Waals surface area contributed by atoms with Gasteiger partial charge in [-0.1, -0.05) is 29.8 Å². The van der Waals surface area contributed by atoms with Crippen molar-refractivity contribution in [2.24, 2.45) is 0 Å². The van der Waals surface area contributed by atoms with E-state index in [1.807, 2.05) is 43.3 Å². The van der Waals surface area contributed by atoms with Gasteiger partial charge in [0, 0.05) is 29.1 Å². The van der Waals surface area contributed by atoms with Gasteiger partial charge in [0.25, 0.3) is 5.91 Å². The molecular formula is C21H22N2O3. The number of carbonyl (C=O) groups excluding carboxylic acids is 1. The van der Waals surface area contributed by atoms with Crippen molar-refractivity contribution in [2.45, 2.75) is 20.0 Å². The Balaban J connectivity index is 2.01. The van der Waals surface area contributed by atoms with Crippen LogP contribution in [0.4, 0.5) is 0 Å². The van der Waals surface area contributed by atoms with Gasteiger partial charge in [0.05, 0.1) is 24.4 Å². The molecule has 1 heterocycles. The van der Waals surface area contributed by atoms with E-state index in [1.165, 1.54) is 5.56 Å². The van der Waals surface area contributed by atoms with Crippen molar-refractivity contribution in [2.75, 3.05) is 13.7 Å². The number of rotatable bonds is 5. The lowest BCUT2D eigenvalue weighted by Crippen LogP contribution is -2.30.